The Morgan fingerprint density at radius 1 is 1.02 bits per heavy atom. The summed E-state index contributed by atoms with van der Waals surface area (Å²) in [7, 11) is 0. The molecule has 2 amide bonds. The van der Waals surface area contributed by atoms with Gasteiger partial charge < -0.3 is 19.3 Å². The molecule has 52 heavy (non-hydrogen) atoms. The fraction of sp³-hybridized carbons (Fsp3) is 0.619. The fourth-order valence-corrected chi connectivity index (χ4v) is 10.5. The lowest BCUT2D eigenvalue weighted by Crippen LogP contribution is -2.74. The van der Waals surface area contributed by atoms with Gasteiger partial charge in [-0.05, 0) is 96.0 Å². The fourth-order valence-electron chi connectivity index (χ4n) is 10.3. The topological polar surface area (TPSA) is 79.6 Å². The molecule has 10 heteroatoms. The molecule has 276 valence electrons. The van der Waals surface area contributed by atoms with E-state index in [1.807, 2.05) is 42.7 Å². The number of carbonyl (C=O) groups is 2. The summed E-state index contributed by atoms with van der Waals surface area (Å²) < 4.78 is 12.1. The first-order valence-corrected chi connectivity index (χ1v) is 19.3. The zero-order chi connectivity index (χ0) is 37.2. The molecule has 2 saturated carbocycles. The van der Waals surface area contributed by atoms with E-state index in [1.54, 1.807) is 18.2 Å². The van der Waals surface area contributed by atoms with Gasteiger partial charge in [-0.15, -0.1) is 0 Å². The van der Waals surface area contributed by atoms with E-state index in [1.165, 1.54) is 0 Å². The predicted octanol–water partition coefficient (Wildman–Crippen LogP) is 8.37. The number of likely N-dealkylation sites (tertiary alicyclic amines) is 2. The maximum absolute atomic E-state index is 13.8. The van der Waals surface area contributed by atoms with Crippen LogP contribution in [0.15, 0.2) is 30.3 Å². The second-order valence-electron chi connectivity index (χ2n) is 18.0. The number of benzene rings is 1. The van der Waals surface area contributed by atoms with Gasteiger partial charge in [0.2, 0.25) is 5.69 Å². The number of halogens is 1. The highest BCUT2D eigenvalue weighted by atomic mass is 35.5. The van der Waals surface area contributed by atoms with Crippen LogP contribution in [-0.2, 0) is 11.3 Å². The Labute approximate surface area is 314 Å². The minimum Gasteiger partial charge on any atom is -0.489 e. The van der Waals surface area contributed by atoms with Crippen LogP contribution in [0.3, 0.4) is 0 Å². The molecule has 9 nitrogen and oxygen atoms in total. The molecule has 7 rings (SSSR count). The summed E-state index contributed by atoms with van der Waals surface area (Å²) in [6.45, 7) is 25.9. The molecule has 1 spiro atoms. The van der Waals surface area contributed by atoms with Gasteiger partial charge in [0, 0.05) is 53.9 Å². The molecule has 5 aliphatic rings. The summed E-state index contributed by atoms with van der Waals surface area (Å²) in [5, 5.41) is 0.372. The number of amides is 2. The third-order valence-corrected chi connectivity index (χ3v) is 12.6. The zero-order valence-corrected chi connectivity index (χ0v) is 32.5. The lowest BCUT2D eigenvalue weighted by Gasteiger charge is -2.65. The van der Waals surface area contributed by atoms with Crippen LogP contribution < -0.4 is 4.74 Å². The van der Waals surface area contributed by atoms with E-state index in [4.69, 9.17) is 32.6 Å². The zero-order valence-electron chi connectivity index (χ0n) is 31.7. The molecule has 0 bridgehead atoms. The Hall–Kier alpha value is -3.79. The second kappa shape index (κ2) is 13.3. The lowest BCUT2D eigenvalue weighted by atomic mass is 9.49. The standard InChI is InChI=1S/C42H52ClN5O4/c1-39(2,3)52-38(50)47-22-20-42(26-47)19-21-46(25-42)29-14-10-27(11-15-29)9-12-28-13-17-31-34(45-28)24-48(35(31)49)36-40(4,5)37(41(36,6)7)51-30-16-18-33(44-8)32(43)23-30/h13,16-18,23,27,29,36-37H,10-11,14-15,19-22,24-26H2,1-7H3. The molecule has 1 aromatic carbocycles. The molecule has 4 fully saturated rings. The lowest BCUT2D eigenvalue weighted by molar-refractivity contribution is -0.199. The second-order valence-corrected chi connectivity index (χ2v) is 18.4. The van der Waals surface area contributed by atoms with Crippen molar-refractivity contribution in [2.45, 2.75) is 117 Å². The van der Waals surface area contributed by atoms with E-state index in [0.29, 0.717) is 40.5 Å². The van der Waals surface area contributed by atoms with E-state index in [2.05, 4.69) is 49.3 Å². The Morgan fingerprint density at radius 2 is 1.73 bits per heavy atom. The highest BCUT2D eigenvalue weighted by Crippen LogP contribution is 2.59. The van der Waals surface area contributed by atoms with Gasteiger partial charge in [-0.25, -0.2) is 14.6 Å². The molecule has 2 saturated heterocycles. The van der Waals surface area contributed by atoms with Crippen LogP contribution in [0, 0.1) is 40.6 Å². The van der Waals surface area contributed by atoms with Crippen molar-refractivity contribution in [3.05, 3.63) is 63.7 Å². The van der Waals surface area contributed by atoms with Crippen molar-refractivity contribution >= 4 is 29.3 Å². The van der Waals surface area contributed by atoms with Crippen molar-refractivity contribution in [3.63, 3.8) is 0 Å². The molecule has 0 N–H and O–H groups in total. The third-order valence-electron chi connectivity index (χ3n) is 12.3. The molecule has 2 aliphatic carbocycles. The predicted molar refractivity (Wildman–Crippen MR) is 201 cm³/mol. The summed E-state index contributed by atoms with van der Waals surface area (Å²) in [4.78, 5) is 41.3. The van der Waals surface area contributed by atoms with Crippen molar-refractivity contribution in [1.29, 1.82) is 0 Å². The van der Waals surface area contributed by atoms with Crippen LogP contribution in [-0.4, -0.2) is 81.7 Å². The molecular weight excluding hydrogens is 674 g/mol. The average molecular weight is 726 g/mol. The van der Waals surface area contributed by atoms with Crippen LogP contribution in [0.5, 0.6) is 5.75 Å². The number of rotatable bonds is 4. The van der Waals surface area contributed by atoms with Crippen LogP contribution in [0.2, 0.25) is 5.02 Å². The van der Waals surface area contributed by atoms with Crippen molar-refractivity contribution in [2.24, 2.45) is 22.2 Å². The Balaban J connectivity index is 0.930. The largest absolute Gasteiger partial charge is 0.489 e. The number of pyridine rings is 1. The smallest absolute Gasteiger partial charge is 0.410 e. The van der Waals surface area contributed by atoms with E-state index in [0.717, 1.165) is 76.1 Å². The number of carbonyl (C=O) groups excluding carboxylic acids is 2. The number of aromatic nitrogens is 1. The van der Waals surface area contributed by atoms with Crippen LogP contribution in [0.25, 0.3) is 4.85 Å². The van der Waals surface area contributed by atoms with Gasteiger partial charge in [0.05, 0.1) is 29.4 Å². The minimum atomic E-state index is -0.467. The third kappa shape index (κ3) is 6.76. The van der Waals surface area contributed by atoms with Gasteiger partial charge in [0.15, 0.2) is 0 Å². The Bertz CT molecular complexity index is 1840. The highest BCUT2D eigenvalue weighted by Gasteiger charge is 2.67. The summed E-state index contributed by atoms with van der Waals surface area (Å²) in [5.74, 6) is 7.87. The molecule has 0 radical (unpaired) electrons. The molecule has 1 atom stereocenters. The number of fused-ring (bicyclic) bond motifs is 1. The Morgan fingerprint density at radius 3 is 2.40 bits per heavy atom. The summed E-state index contributed by atoms with van der Waals surface area (Å²) in [5.41, 5.74) is 1.63. The van der Waals surface area contributed by atoms with Crippen molar-refractivity contribution in [2.75, 3.05) is 26.2 Å². The normalized spacial score (nSPS) is 29.2. The first-order valence-electron chi connectivity index (χ1n) is 18.9. The van der Waals surface area contributed by atoms with Gasteiger partial charge in [0.25, 0.3) is 5.91 Å². The highest BCUT2D eigenvalue weighted by molar-refractivity contribution is 6.33. The minimum absolute atomic E-state index is 0.00762. The van der Waals surface area contributed by atoms with Gasteiger partial charge in [-0.3, -0.25) is 9.69 Å². The number of hydrogen-bond acceptors (Lipinski definition) is 6. The van der Waals surface area contributed by atoms with Crippen molar-refractivity contribution in [3.8, 4) is 17.6 Å². The van der Waals surface area contributed by atoms with E-state index < -0.39 is 5.60 Å². The van der Waals surface area contributed by atoms with Gasteiger partial charge in [0.1, 0.15) is 23.1 Å². The van der Waals surface area contributed by atoms with Gasteiger partial charge >= 0.3 is 6.09 Å². The summed E-state index contributed by atoms with van der Waals surface area (Å²) in [6, 6.07) is 9.48. The van der Waals surface area contributed by atoms with Gasteiger partial charge in [-0.1, -0.05) is 51.3 Å². The van der Waals surface area contributed by atoms with Crippen molar-refractivity contribution < 1.29 is 19.1 Å². The molecule has 4 heterocycles. The van der Waals surface area contributed by atoms with Crippen molar-refractivity contribution in [1.82, 2.24) is 19.7 Å². The molecule has 2 aromatic rings. The first kappa shape index (κ1) is 36.6. The van der Waals surface area contributed by atoms with E-state index >= 15 is 0 Å². The quantitative estimate of drug-likeness (QED) is 0.233. The monoisotopic (exact) mass is 725 g/mol. The van der Waals surface area contributed by atoms with E-state index in [9.17, 15) is 9.59 Å². The Kier molecular flexibility index (Phi) is 9.32. The number of ether oxygens (including phenoxy) is 2. The van der Waals surface area contributed by atoms with Crippen LogP contribution >= 0.6 is 11.6 Å². The average Bonchev–Trinajstić information content (AvgIpc) is 3.79. The number of nitrogens with zero attached hydrogens (tertiary/aromatic N) is 5. The van der Waals surface area contributed by atoms with E-state index in [-0.39, 0.29) is 40.4 Å². The van der Waals surface area contributed by atoms with Crippen LogP contribution in [0.4, 0.5) is 10.5 Å². The summed E-state index contributed by atoms with van der Waals surface area (Å²) in [6.07, 6.45) is 6.30. The maximum atomic E-state index is 13.8. The molecular formula is C42H52ClN5O4. The number of hydrogen-bond donors (Lipinski definition) is 0. The SMILES string of the molecule is [C-]#[N+]c1ccc(OC2C(C)(C)C(N3Cc4nc(C#CC5CCC(N6CCC7(CCN(C(=O)OC(C)(C)C)C7)C6)CC5)ccc4C3=O)C2(C)C)cc1Cl. The molecule has 3 aliphatic heterocycles. The van der Waals surface area contributed by atoms with Crippen LogP contribution in [0.1, 0.15) is 109 Å². The first-order chi connectivity index (χ1) is 24.5. The molecule has 1 aromatic heterocycles. The summed E-state index contributed by atoms with van der Waals surface area (Å²) >= 11 is 6.29. The molecule has 1 unspecified atom stereocenters. The maximum Gasteiger partial charge on any atom is 0.410 e. The van der Waals surface area contributed by atoms with Gasteiger partial charge in [-0.2, -0.15) is 0 Å².